The molecule has 0 saturated carbocycles. The minimum atomic E-state index is -3.27. The summed E-state index contributed by atoms with van der Waals surface area (Å²) in [5.41, 5.74) is 9.07. The van der Waals surface area contributed by atoms with Crippen molar-refractivity contribution in [1.29, 1.82) is 0 Å². The Morgan fingerprint density at radius 1 is 0.544 bits per heavy atom. The lowest BCUT2D eigenvalue weighted by atomic mass is 9.78. The lowest BCUT2D eigenvalue weighted by Gasteiger charge is -2.28. The lowest BCUT2D eigenvalue weighted by Crippen LogP contribution is -2.17. The highest BCUT2D eigenvalue weighted by molar-refractivity contribution is 5.98. The standard InChI is InChI=1S/C64H65N3O/c1-39(2)52-34-47(44-25-18-14-19-26-44)35-53(40(3)4)60(52)67-56-30-22-29-51(59(56)66-62(67)54-36-50(63(7,8)9)37-55(61(54)68)64(10,11)12)48-31-46(43-23-16-13-17-24-43)32-49(33-48)58-42(6)57(41(5)38-65-58)45-27-20-15-21-28-45/h13-40,68H,1-12H3/i1D3,2D3,3D3,4D3. The average Bonchev–Trinajstić information content (AvgIpc) is 3.85. The first-order chi connectivity index (χ1) is 37.2. The normalized spacial score (nSPS) is 15.5. The van der Waals surface area contributed by atoms with Crippen LogP contribution in [-0.4, -0.2) is 19.6 Å². The van der Waals surface area contributed by atoms with Crippen LogP contribution in [0.3, 0.4) is 0 Å². The van der Waals surface area contributed by atoms with Crippen molar-refractivity contribution in [3.63, 3.8) is 0 Å². The number of aryl methyl sites for hydroxylation is 1. The highest BCUT2D eigenvalue weighted by atomic mass is 16.3. The van der Waals surface area contributed by atoms with Crippen LogP contribution < -0.4 is 0 Å². The summed E-state index contributed by atoms with van der Waals surface area (Å²) >= 11 is 0. The Morgan fingerprint density at radius 2 is 1.09 bits per heavy atom. The number of aromatic nitrogens is 3. The molecule has 0 radical (unpaired) electrons. The predicted molar refractivity (Wildman–Crippen MR) is 288 cm³/mol. The number of hydrogen-bond donors (Lipinski definition) is 1. The summed E-state index contributed by atoms with van der Waals surface area (Å²) in [5.74, 6) is -4.79. The zero-order valence-corrected chi connectivity index (χ0v) is 40.0. The molecule has 0 amide bonds. The van der Waals surface area contributed by atoms with Crippen LogP contribution in [0.5, 0.6) is 5.75 Å². The first-order valence-electron chi connectivity index (χ1n) is 29.1. The molecule has 1 N–H and O–H groups in total. The maximum absolute atomic E-state index is 12.9. The van der Waals surface area contributed by atoms with Gasteiger partial charge in [0.15, 0.2) is 0 Å². The van der Waals surface area contributed by atoms with Gasteiger partial charge in [-0.1, -0.05) is 178 Å². The number of para-hydroxylation sites is 1. The van der Waals surface area contributed by atoms with Gasteiger partial charge in [-0.25, -0.2) is 4.98 Å². The number of benzene rings is 7. The van der Waals surface area contributed by atoms with E-state index in [1.807, 2.05) is 127 Å². The summed E-state index contributed by atoms with van der Waals surface area (Å²) in [5, 5.41) is 12.9. The Kier molecular flexibility index (Phi) is 8.79. The second kappa shape index (κ2) is 17.9. The maximum atomic E-state index is 12.9. The molecule has 0 aliphatic carbocycles. The molecule has 0 aliphatic rings. The summed E-state index contributed by atoms with van der Waals surface area (Å²) in [6.45, 7) is 2.95. The van der Waals surface area contributed by atoms with Crippen LogP contribution in [0.2, 0.25) is 0 Å². The van der Waals surface area contributed by atoms with E-state index in [0.29, 0.717) is 27.8 Å². The van der Waals surface area contributed by atoms with Crippen LogP contribution in [-0.2, 0) is 10.8 Å². The molecule has 9 rings (SSSR count). The molecule has 2 aromatic heterocycles. The van der Waals surface area contributed by atoms with Gasteiger partial charge in [-0.3, -0.25) is 9.55 Å². The van der Waals surface area contributed by atoms with Crippen molar-refractivity contribution in [2.75, 3.05) is 0 Å². The summed E-state index contributed by atoms with van der Waals surface area (Å²) in [6.07, 6.45) is 1.87. The molecular weight excluding hydrogens is 827 g/mol. The molecule has 4 nitrogen and oxygen atoms in total. The number of nitrogens with zero attached hydrogens (tertiary/aromatic N) is 3. The number of rotatable bonds is 9. The molecule has 68 heavy (non-hydrogen) atoms. The first kappa shape index (κ1) is 33.4. The Labute approximate surface area is 421 Å². The number of imidazole rings is 1. The van der Waals surface area contributed by atoms with Gasteiger partial charge in [-0.15, -0.1) is 0 Å². The number of fused-ring (bicyclic) bond motifs is 1. The van der Waals surface area contributed by atoms with Gasteiger partial charge in [0.25, 0.3) is 0 Å². The first-order valence-corrected chi connectivity index (χ1v) is 23.1. The van der Waals surface area contributed by atoms with E-state index < -0.39 is 50.1 Å². The van der Waals surface area contributed by atoms with Crippen LogP contribution in [0.4, 0.5) is 0 Å². The van der Waals surface area contributed by atoms with E-state index in [1.165, 1.54) is 16.7 Å². The van der Waals surface area contributed by atoms with E-state index in [2.05, 4.69) is 25.1 Å². The number of phenolic OH excluding ortho intramolecular Hbond substituents is 1. The maximum Gasteiger partial charge on any atom is 0.149 e. The minimum absolute atomic E-state index is 0.0100. The zero-order chi connectivity index (χ0) is 58.2. The fourth-order valence-electron chi connectivity index (χ4n) is 9.52. The van der Waals surface area contributed by atoms with E-state index in [4.69, 9.17) is 26.4 Å². The van der Waals surface area contributed by atoms with Gasteiger partial charge in [0.1, 0.15) is 11.6 Å². The fraction of sp³-hybridized carbons (Fsp3) is 0.250. The summed E-state index contributed by atoms with van der Waals surface area (Å²) in [4.78, 5) is 10.5. The van der Waals surface area contributed by atoms with Crippen molar-refractivity contribution in [1.82, 2.24) is 14.5 Å². The molecule has 0 aliphatic heterocycles. The molecule has 0 saturated heterocycles. The van der Waals surface area contributed by atoms with Crippen LogP contribution >= 0.6 is 0 Å². The van der Waals surface area contributed by atoms with Crippen molar-refractivity contribution >= 4 is 11.0 Å². The Bertz CT molecular complexity index is 3690. The molecule has 0 bridgehead atoms. The minimum Gasteiger partial charge on any atom is -0.507 e. The molecular formula is C64H65N3O. The molecule has 4 heteroatoms. The predicted octanol–water partition coefficient (Wildman–Crippen LogP) is 17.6. The molecule has 2 heterocycles. The number of pyridine rings is 1. The largest absolute Gasteiger partial charge is 0.507 e. The molecule has 0 unspecified atom stereocenters. The van der Waals surface area contributed by atoms with E-state index in [0.717, 1.165) is 50.2 Å². The number of aromatic hydroxyl groups is 1. The third kappa shape index (κ3) is 8.58. The third-order valence-electron chi connectivity index (χ3n) is 13.0. The lowest BCUT2D eigenvalue weighted by molar-refractivity contribution is 0.446. The van der Waals surface area contributed by atoms with Crippen molar-refractivity contribution in [2.24, 2.45) is 0 Å². The fourth-order valence-corrected chi connectivity index (χ4v) is 9.52. The summed E-state index contributed by atoms with van der Waals surface area (Å²) < 4.78 is 110. The topological polar surface area (TPSA) is 50.9 Å². The van der Waals surface area contributed by atoms with Gasteiger partial charge in [0.2, 0.25) is 0 Å². The smallest absolute Gasteiger partial charge is 0.149 e. The zero-order valence-electron chi connectivity index (χ0n) is 52.0. The van der Waals surface area contributed by atoms with Gasteiger partial charge in [-0.2, -0.15) is 0 Å². The van der Waals surface area contributed by atoms with Gasteiger partial charge >= 0.3 is 0 Å². The average molecular weight is 904 g/mol. The van der Waals surface area contributed by atoms with Crippen molar-refractivity contribution in [3.05, 3.63) is 191 Å². The Balaban J connectivity index is 1.51. The molecule has 9 aromatic rings. The Morgan fingerprint density at radius 3 is 1.65 bits per heavy atom. The molecule has 7 aromatic carbocycles. The van der Waals surface area contributed by atoms with Crippen molar-refractivity contribution in [3.8, 4) is 78.6 Å². The van der Waals surface area contributed by atoms with E-state index in [1.54, 1.807) is 48.5 Å². The Hall–Kier alpha value is -7.04. The highest BCUT2D eigenvalue weighted by Crippen LogP contribution is 2.47. The van der Waals surface area contributed by atoms with Crippen molar-refractivity contribution < 1.29 is 21.6 Å². The quantitative estimate of drug-likeness (QED) is 0.157. The van der Waals surface area contributed by atoms with Gasteiger partial charge < -0.3 is 5.11 Å². The van der Waals surface area contributed by atoms with Crippen LogP contribution in [0.25, 0.3) is 83.9 Å². The SMILES string of the molecule is [2H]C([2H])([2H])C(c1cc(-c2ccccc2)cc(C(C([2H])([2H])[2H])C([2H])([2H])[2H])c1-n1c(-c2cc(C(C)(C)C)cc(C(C)(C)C)c2O)nc2c(-c3cc(-c4ccccc4)cc(-c4ncc(C)c(-c5ccccc5)c4C)c3)cccc21)C([2H])([2H])[2H]. The monoisotopic (exact) mass is 904 g/mol. The van der Waals surface area contributed by atoms with E-state index in [9.17, 15) is 5.11 Å². The number of phenols is 1. The molecule has 0 atom stereocenters. The molecule has 0 spiro atoms. The number of hydrogen-bond acceptors (Lipinski definition) is 3. The van der Waals surface area contributed by atoms with Crippen LogP contribution in [0, 0.1) is 13.8 Å². The van der Waals surface area contributed by atoms with Crippen LogP contribution in [0.15, 0.2) is 158 Å². The second-order valence-electron chi connectivity index (χ2n) is 19.9. The van der Waals surface area contributed by atoms with Crippen molar-refractivity contribution in [2.45, 2.75) is 105 Å². The van der Waals surface area contributed by atoms with Gasteiger partial charge in [0.05, 0.1) is 28.0 Å². The summed E-state index contributed by atoms with van der Waals surface area (Å²) in [6, 6.07) is 46.7. The highest BCUT2D eigenvalue weighted by Gasteiger charge is 2.31. The molecule has 342 valence electrons. The van der Waals surface area contributed by atoms with Gasteiger partial charge in [-0.05, 0) is 146 Å². The third-order valence-corrected chi connectivity index (χ3v) is 13.0. The van der Waals surface area contributed by atoms with E-state index in [-0.39, 0.29) is 45.0 Å². The van der Waals surface area contributed by atoms with Gasteiger partial charge in [0, 0.05) is 39.3 Å². The van der Waals surface area contributed by atoms with E-state index >= 15 is 0 Å². The summed E-state index contributed by atoms with van der Waals surface area (Å²) in [7, 11) is 0. The second-order valence-corrected chi connectivity index (χ2v) is 19.9. The van der Waals surface area contributed by atoms with Crippen LogP contribution in [0.1, 0.15) is 131 Å². The molecule has 0 fully saturated rings.